The maximum atomic E-state index is 12.5. The first-order chi connectivity index (χ1) is 21.9. The van der Waals surface area contributed by atoms with Gasteiger partial charge in [0.05, 0.1) is 0 Å². The number of anilines is 2. The number of rotatable bonds is 10. The number of para-hydroxylation sites is 2. The molecule has 4 amide bonds. The van der Waals surface area contributed by atoms with Crippen molar-refractivity contribution in [3.8, 4) is 0 Å². The minimum Gasteiger partial charge on any atom is -0.372 e. The monoisotopic (exact) mass is 644 g/mol. The molecule has 3 N–H and O–H groups in total. The van der Waals surface area contributed by atoms with Gasteiger partial charge >= 0.3 is 0 Å². The Kier molecular flexibility index (Phi) is 10.8. The molecule has 4 aromatic rings. The fourth-order valence-electron chi connectivity index (χ4n) is 5.35. The summed E-state index contributed by atoms with van der Waals surface area (Å²) in [7, 11) is 0. The molecule has 2 saturated heterocycles. The first-order valence-electron chi connectivity index (χ1n) is 14.9. The van der Waals surface area contributed by atoms with E-state index in [9.17, 15) is 24.3 Å². The maximum absolute atomic E-state index is 12.5. The van der Waals surface area contributed by atoms with Crippen molar-refractivity contribution in [1.29, 1.82) is 0 Å². The van der Waals surface area contributed by atoms with Gasteiger partial charge in [0.15, 0.2) is 0 Å². The van der Waals surface area contributed by atoms with Crippen molar-refractivity contribution in [2.24, 2.45) is 5.92 Å². The fraction of sp³-hybridized carbons (Fsp3) is 0.294. The number of hydrogen-bond acceptors (Lipinski definition) is 7. The summed E-state index contributed by atoms with van der Waals surface area (Å²) >= 11 is 3.29. The molecule has 2 aliphatic heterocycles. The van der Waals surface area contributed by atoms with Crippen LogP contribution in [0.3, 0.4) is 0 Å². The summed E-state index contributed by atoms with van der Waals surface area (Å²) in [4.78, 5) is 54.9. The molecule has 45 heavy (non-hydrogen) atoms. The summed E-state index contributed by atoms with van der Waals surface area (Å²) < 4.78 is 0. The zero-order valence-corrected chi connectivity index (χ0v) is 26.4. The number of carbonyl (C=O) groups is 4. The SMILES string of the molecule is O=C(NCCc1cccs1)C1(O)CCN(c2ccccc2)C1=O.O=C(NCCc1cccs1)C1CCN(c2ccccc2)C1=O. The van der Waals surface area contributed by atoms with Crippen LogP contribution in [-0.4, -0.2) is 60.5 Å². The number of nitrogens with zero attached hydrogens (tertiary/aromatic N) is 2. The smallest absolute Gasteiger partial charge is 0.268 e. The van der Waals surface area contributed by atoms with Gasteiger partial charge in [-0.25, -0.2) is 0 Å². The average Bonchev–Trinajstić information content (AvgIpc) is 3.88. The molecule has 2 unspecified atom stereocenters. The van der Waals surface area contributed by atoms with Gasteiger partial charge in [0.2, 0.25) is 17.4 Å². The molecule has 0 bridgehead atoms. The number of hydrogen-bond donors (Lipinski definition) is 3. The van der Waals surface area contributed by atoms with Gasteiger partial charge < -0.3 is 25.5 Å². The minimum absolute atomic E-state index is 0.0974. The molecule has 11 heteroatoms. The van der Waals surface area contributed by atoms with Gasteiger partial charge in [-0.1, -0.05) is 48.5 Å². The lowest BCUT2D eigenvalue weighted by molar-refractivity contribution is -0.149. The number of amides is 4. The van der Waals surface area contributed by atoms with E-state index in [-0.39, 0.29) is 18.2 Å². The maximum Gasteiger partial charge on any atom is 0.268 e. The van der Waals surface area contributed by atoms with E-state index < -0.39 is 23.3 Å². The van der Waals surface area contributed by atoms with Gasteiger partial charge in [-0.2, -0.15) is 0 Å². The highest BCUT2D eigenvalue weighted by atomic mass is 32.1. The standard InChI is InChI=1S/C17H18N2O3S.C17H18N2O2S/c20-15(18-10-8-14-7-4-12-23-14)17(22)9-11-19(16(17)21)13-5-2-1-3-6-13;20-16(18-10-8-14-7-4-12-22-14)15-9-11-19(17(15)21)13-5-2-1-3-6-13/h1-7,12,22H,8-11H2,(H,18,20);1-7,12,15H,8-11H2,(H,18,20). The van der Waals surface area contributed by atoms with Gasteiger partial charge in [-0.15, -0.1) is 22.7 Å². The lowest BCUT2D eigenvalue weighted by atomic mass is 10.0. The van der Waals surface area contributed by atoms with Gasteiger partial charge in [0, 0.05) is 53.7 Å². The van der Waals surface area contributed by atoms with Crippen LogP contribution in [0.1, 0.15) is 22.6 Å². The molecule has 2 atom stereocenters. The Hall–Kier alpha value is -4.32. The van der Waals surface area contributed by atoms with E-state index in [1.807, 2.05) is 77.5 Å². The topological polar surface area (TPSA) is 119 Å². The summed E-state index contributed by atoms with van der Waals surface area (Å²) in [6.07, 6.45) is 2.19. The van der Waals surface area contributed by atoms with Crippen LogP contribution in [0, 0.1) is 5.92 Å². The quantitative estimate of drug-likeness (QED) is 0.225. The third-order valence-corrected chi connectivity index (χ3v) is 9.69. The van der Waals surface area contributed by atoms with Crippen molar-refractivity contribution in [3.63, 3.8) is 0 Å². The molecule has 0 radical (unpaired) electrons. The summed E-state index contributed by atoms with van der Waals surface area (Å²) in [5.41, 5.74) is -0.410. The Morgan fingerprint density at radius 1 is 0.756 bits per heavy atom. The van der Waals surface area contributed by atoms with Gasteiger partial charge in [0.1, 0.15) is 5.92 Å². The minimum atomic E-state index is -1.97. The third-order valence-electron chi connectivity index (χ3n) is 7.82. The Morgan fingerprint density at radius 3 is 1.87 bits per heavy atom. The van der Waals surface area contributed by atoms with Crippen LogP contribution < -0.4 is 20.4 Å². The molecule has 0 saturated carbocycles. The van der Waals surface area contributed by atoms with Crippen molar-refractivity contribution >= 4 is 57.7 Å². The van der Waals surface area contributed by atoms with Crippen LogP contribution in [0.25, 0.3) is 0 Å². The first kappa shape index (κ1) is 32.1. The second kappa shape index (κ2) is 15.1. The van der Waals surface area contributed by atoms with Gasteiger partial charge in [-0.3, -0.25) is 19.2 Å². The first-order valence-corrected chi connectivity index (χ1v) is 16.7. The number of thiophene rings is 2. The van der Waals surface area contributed by atoms with E-state index in [1.165, 1.54) is 9.78 Å². The van der Waals surface area contributed by atoms with Crippen LogP contribution in [0.4, 0.5) is 11.4 Å². The zero-order valence-electron chi connectivity index (χ0n) is 24.8. The molecule has 2 aromatic carbocycles. The highest BCUT2D eigenvalue weighted by molar-refractivity contribution is 7.10. The van der Waals surface area contributed by atoms with E-state index >= 15 is 0 Å². The molecule has 0 spiro atoms. The fourth-order valence-corrected chi connectivity index (χ4v) is 6.76. The Balaban J connectivity index is 0.000000178. The molecule has 2 fully saturated rings. The summed E-state index contributed by atoms with van der Waals surface area (Å²) in [6.45, 7) is 1.91. The van der Waals surface area contributed by atoms with E-state index in [0.29, 0.717) is 44.7 Å². The van der Waals surface area contributed by atoms with Crippen LogP contribution in [0.2, 0.25) is 0 Å². The second-order valence-corrected chi connectivity index (χ2v) is 12.8. The number of nitrogens with one attached hydrogen (secondary N) is 2. The van der Waals surface area contributed by atoms with E-state index in [2.05, 4.69) is 16.7 Å². The lowest BCUT2D eigenvalue weighted by Gasteiger charge is -2.21. The summed E-state index contributed by atoms with van der Waals surface area (Å²) in [5, 5.41) is 20.1. The summed E-state index contributed by atoms with van der Waals surface area (Å²) in [5.74, 6) is -1.97. The summed E-state index contributed by atoms with van der Waals surface area (Å²) in [6, 6.07) is 26.6. The van der Waals surface area contributed by atoms with Crippen molar-refractivity contribution < 1.29 is 24.3 Å². The van der Waals surface area contributed by atoms with Gasteiger partial charge in [-0.05, 0) is 66.4 Å². The van der Waals surface area contributed by atoms with E-state index in [4.69, 9.17) is 0 Å². The largest absolute Gasteiger partial charge is 0.372 e. The Morgan fingerprint density at radius 2 is 1.31 bits per heavy atom. The molecular formula is C34H36N4O5S2. The van der Waals surface area contributed by atoms with Crippen molar-refractivity contribution in [2.45, 2.75) is 31.3 Å². The van der Waals surface area contributed by atoms with Crippen molar-refractivity contribution in [3.05, 3.63) is 105 Å². The van der Waals surface area contributed by atoms with Crippen LogP contribution in [-0.2, 0) is 32.0 Å². The Bertz CT molecular complexity index is 1560. The lowest BCUT2D eigenvalue weighted by Crippen LogP contribution is -2.52. The molecule has 4 heterocycles. The van der Waals surface area contributed by atoms with Crippen LogP contribution >= 0.6 is 22.7 Å². The molecule has 9 nitrogen and oxygen atoms in total. The molecule has 6 rings (SSSR count). The highest BCUT2D eigenvalue weighted by Gasteiger charge is 2.51. The van der Waals surface area contributed by atoms with E-state index in [1.54, 1.807) is 39.7 Å². The molecule has 0 aliphatic carbocycles. The number of carbonyl (C=O) groups excluding carboxylic acids is 4. The normalized spacial score (nSPS) is 19.3. The molecule has 2 aromatic heterocycles. The molecule has 2 aliphatic rings. The van der Waals surface area contributed by atoms with Crippen LogP contribution in [0.5, 0.6) is 0 Å². The van der Waals surface area contributed by atoms with Gasteiger partial charge in [0.25, 0.3) is 11.8 Å². The average molecular weight is 645 g/mol. The third kappa shape index (κ3) is 7.86. The predicted molar refractivity (Wildman–Crippen MR) is 177 cm³/mol. The van der Waals surface area contributed by atoms with Crippen LogP contribution in [0.15, 0.2) is 95.7 Å². The molecule has 234 valence electrons. The zero-order chi connectivity index (χ0) is 31.6. The number of aliphatic hydroxyl groups is 1. The van der Waals surface area contributed by atoms with Crippen molar-refractivity contribution in [1.82, 2.24) is 10.6 Å². The Labute approximate surface area is 270 Å². The number of benzene rings is 2. The van der Waals surface area contributed by atoms with E-state index in [0.717, 1.165) is 17.0 Å². The predicted octanol–water partition coefficient (Wildman–Crippen LogP) is 4.03. The second-order valence-electron chi connectivity index (χ2n) is 10.8. The highest BCUT2D eigenvalue weighted by Crippen LogP contribution is 2.28. The van der Waals surface area contributed by atoms with Crippen molar-refractivity contribution in [2.75, 3.05) is 36.0 Å². The molecular weight excluding hydrogens is 609 g/mol.